The first kappa shape index (κ1) is 15.6. The summed E-state index contributed by atoms with van der Waals surface area (Å²) in [5.41, 5.74) is 0. The van der Waals surface area contributed by atoms with Gasteiger partial charge in [0.2, 0.25) is 0 Å². The molecule has 0 rings (SSSR count). The van der Waals surface area contributed by atoms with Gasteiger partial charge in [-0.1, -0.05) is 0 Å². The van der Waals surface area contributed by atoms with E-state index in [0.717, 1.165) is 0 Å². The highest BCUT2D eigenvalue weighted by Gasteiger charge is 2.30. The van der Waals surface area contributed by atoms with Gasteiger partial charge >= 0.3 is 7.60 Å². The fourth-order valence-corrected chi connectivity index (χ4v) is 3.98. The molecule has 0 aromatic rings. The Morgan fingerprint density at radius 3 is 2.00 bits per heavy atom. The molecule has 0 heterocycles. The molecular formula is C8H20ClO4PSi. The third kappa shape index (κ3) is 6.71. The third-order valence-corrected chi connectivity index (χ3v) is 5.03. The van der Waals surface area contributed by atoms with Crippen LogP contribution in [0.5, 0.6) is 0 Å². The van der Waals surface area contributed by atoms with Gasteiger partial charge in [0.1, 0.15) is 0 Å². The van der Waals surface area contributed by atoms with Crippen LogP contribution in [0.25, 0.3) is 0 Å². The van der Waals surface area contributed by atoms with Crippen LogP contribution in [-0.4, -0.2) is 40.7 Å². The summed E-state index contributed by atoms with van der Waals surface area (Å²) >= 11 is 5.76. The van der Waals surface area contributed by atoms with Crippen molar-refractivity contribution in [2.45, 2.75) is 25.7 Å². The summed E-state index contributed by atoms with van der Waals surface area (Å²) in [4.78, 5) is 0. The molecule has 0 bridgehead atoms. The van der Waals surface area contributed by atoms with E-state index in [1.54, 1.807) is 0 Å². The lowest BCUT2D eigenvalue weighted by molar-refractivity contribution is 0.214. The van der Waals surface area contributed by atoms with E-state index in [-0.39, 0.29) is 12.3 Å². The van der Waals surface area contributed by atoms with Crippen LogP contribution in [-0.2, 0) is 18.0 Å². The van der Waals surface area contributed by atoms with Gasteiger partial charge in [-0.25, -0.2) is 0 Å². The van der Waals surface area contributed by atoms with Gasteiger partial charge in [-0.3, -0.25) is 4.57 Å². The molecule has 4 nitrogen and oxygen atoms in total. The molecule has 0 amide bonds. The molecule has 0 aliphatic rings. The lowest BCUT2D eigenvalue weighted by Gasteiger charge is -2.26. The molecule has 0 radical (unpaired) electrons. The molecule has 7 heteroatoms. The largest absolute Gasteiger partial charge is 0.413 e. The standard InChI is InChI=1S/C8H20ClO4PSi/c1-11-14(10,12-2)7-8(6-9)13-15(3,4)5/h8H,6-7H2,1-5H3/t8-/m0/s1. The van der Waals surface area contributed by atoms with Gasteiger partial charge < -0.3 is 13.5 Å². The van der Waals surface area contributed by atoms with E-state index >= 15 is 0 Å². The monoisotopic (exact) mass is 274 g/mol. The number of hydrogen-bond donors (Lipinski definition) is 0. The van der Waals surface area contributed by atoms with Crippen molar-refractivity contribution >= 4 is 27.5 Å². The van der Waals surface area contributed by atoms with Gasteiger partial charge in [-0.05, 0) is 19.6 Å². The molecule has 0 aliphatic heterocycles. The average molecular weight is 275 g/mol. The van der Waals surface area contributed by atoms with E-state index in [0.29, 0.717) is 5.88 Å². The Bertz CT molecular complexity index is 223. The van der Waals surface area contributed by atoms with Gasteiger partial charge in [0.25, 0.3) is 0 Å². The highest BCUT2D eigenvalue weighted by atomic mass is 35.5. The van der Waals surface area contributed by atoms with Crippen molar-refractivity contribution in [2.75, 3.05) is 26.3 Å². The highest BCUT2D eigenvalue weighted by Crippen LogP contribution is 2.47. The fourth-order valence-electron chi connectivity index (χ4n) is 1.09. The van der Waals surface area contributed by atoms with E-state index in [9.17, 15) is 4.57 Å². The quantitative estimate of drug-likeness (QED) is 0.407. The van der Waals surface area contributed by atoms with E-state index in [2.05, 4.69) is 19.6 Å². The maximum Gasteiger partial charge on any atom is 0.332 e. The van der Waals surface area contributed by atoms with Gasteiger partial charge in [0, 0.05) is 20.1 Å². The highest BCUT2D eigenvalue weighted by molar-refractivity contribution is 7.53. The molecule has 0 aliphatic carbocycles. The molecule has 0 unspecified atom stereocenters. The molecule has 15 heavy (non-hydrogen) atoms. The Labute approximate surface area is 97.9 Å². The smallest absolute Gasteiger partial charge is 0.332 e. The topological polar surface area (TPSA) is 44.8 Å². The lowest BCUT2D eigenvalue weighted by atomic mass is 10.5. The SMILES string of the molecule is COP(=O)(C[C@H](CCl)O[Si](C)(C)C)OC. The third-order valence-electron chi connectivity index (χ3n) is 1.68. The van der Waals surface area contributed by atoms with Crippen LogP contribution >= 0.6 is 19.2 Å². The second kappa shape index (κ2) is 6.38. The fraction of sp³-hybridized carbons (Fsp3) is 1.00. The molecule has 92 valence electrons. The second-order valence-electron chi connectivity index (χ2n) is 4.17. The number of rotatable bonds is 7. The Hall–Kier alpha value is 0.617. The van der Waals surface area contributed by atoms with E-state index in [1.165, 1.54) is 14.2 Å². The molecule has 0 aromatic heterocycles. The van der Waals surface area contributed by atoms with Gasteiger partial charge in [0.15, 0.2) is 8.32 Å². The molecule has 0 aromatic carbocycles. The zero-order valence-corrected chi connectivity index (χ0v) is 12.6. The summed E-state index contributed by atoms with van der Waals surface area (Å²) in [6.07, 6.45) is -0.0719. The predicted octanol–water partition coefficient (Wildman–Crippen LogP) is 2.93. The van der Waals surface area contributed by atoms with Crippen LogP contribution in [0, 0.1) is 0 Å². The summed E-state index contributed by atoms with van der Waals surface area (Å²) in [5, 5.41) is 0. The first-order valence-electron chi connectivity index (χ1n) is 4.70. The van der Waals surface area contributed by atoms with Crippen LogP contribution in [0.4, 0.5) is 0 Å². The minimum Gasteiger partial charge on any atom is -0.413 e. The number of alkyl halides is 1. The maximum atomic E-state index is 11.8. The van der Waals surface area contributed by atoms with Crippen LogP contribution in [0.2, 0.25) is 19.6 Å². The van der Waals surface area contributed by atoms with Crippen LogP contribution in [0.15, 0.2) is 0 Å². The van der Waals surface area contributed by atoms with Crippen molar-refractivity contribution in [1.82, 2.24) is 0 Å². The van der Waals surface area contributed by atoms with E-state index in [1.807, 2.05) is 0 Å². The Balaban J connectivity index is 4.39. The first-order valence-corrected chi connectivity index (χ1v) is 10.4. The molecule has 0 saturated carbocycles. The van der Waals surface area contributed by atoms with Crippen LogP contribution < -0.4 is 0 Å². The lowest BCUT2D eigenvalue weighted by Crippen LogP contribution is -2.35. The Kier molecular flexibility index (Phi) is 6.64. The minimum absolute atomic E-state index is 0.202. The van der Waals surface area contributed by atoms with Crippen molar-refractivity contribution in [2.24, 2.45) is 0 Å². The first-order chi connectivity index (χ1) is 6.76. The summed E-state index contributed by atoms with van der Waals surface area (Å²) in [6.45, 7) is 6.16. The maximum absolute atomic E-state index is 11.8. The summed E-state index contributed by atoms with van der Waals surface area (Å²) < 4.78 is 27.3. The second-order valence-corrected chi connectivity index (χ2v) is 11.3. The van der Waals surface area contributed by atoms with Crippen molar-refractivity contribution in [3.8, 4) is 0 Å². The number of hydrogen-bond acceptors (Lipinski definition) is 4. The molecule has 0 N–H and O–H groups in total. The van der Waals surface area contributed by atoms with E-state index in [4.69, 9.17) is 25.1 Å². The van der Waals surface area contributed by atoms with Crippen molar-refractivity contribution in [3.05, 3.63) is 0 Å². The number of halogens is 1. The Morgan fingerprint density at radius 2 is 1.73 bits per heavy atom. The normalized spacial score (nSPS) is 15.3. The predicted molar refractivity (Wildman–Crippen MR) is 65.4 cm³/mol. The molecule has 0 spiro atoms. The minimum atomic E-state index is -3.03. The van der Waals surface area contributed by atoms with Gasteiger partial charge in [-0.15, -0.1) is 11.6 Å². The van der Waals surface area contributed by atoms with Crippen molar-refractivity contribution < 1.29 is 18.0 Å². The summed E-state index contributed by atoms with van der Waals surface area (Å²) in [7, 11) is -1.98. The molecule has 0 saturated heterocycles. The van der Waals surface area contributed by atoms with Crippen LogP contribution in [0.1, 0.15) is 0 Å². The Morgan fingerprint density at radius 1 is 1.27 bits per heavy atom. The van der Waals surface area contributed by atoms with Gasteiger partial charge in [0.05, 0.1) is 12.3 Å². The van der Waals surface area contributed by atoms with Crippen molar-refractivity contribution in [1.29, 1.82) is 0 Å². The average Bonchev–Trinajstić information content (AvgIpc) is 2.14. The van der Waals surface area contributed by atoms with Crippen molar-refractivity contribution in [3.63, 3.8) is 0 Å². The summed E-state index contributed by atoms with van der Waals surface area (Å²) in [6, 6.07) is 0. The zero-order valence-electron chi connectivity index (χ0n) is 9.95. The van der Waals surface area contributed by atoms with E-state index < -0.39 is 15.9 Å². The van der Waals surface area contributed by atoms with Gasteiger partial charge in [-0.2, -0.15) is 0 Å². The molecular weight excluding hydrogens is 255 g/mol. The van der Waals surface area contributed by atoms with Crippen LogP contribution in [0.3, 0.4) is 0 Å². The zero-order chi connectivity index (χ0) is 12.1. The molecule has 0 fully saturated rings. The summed E-state index contributed by atoms with van der Waals surface area (Å²) in [5.74, 6) is 0.293. The molecule has 1 atom stereocenters.